The Kier molecular flexibility index (Phi) is 13.5. The van der Waals surface area contributed by atoms with Crippen LogP contribution in [0.15, 0.2) is 60.7 Å². The predicted molar refractivity (Wildman–Crippen MR) is 171 cm³/mol. The molecule has 2 rings (SSSR count). The van der Waals surface area contributed by atoms with Crippen LogP contribution in [0.2, 0.25) is 0 Å². The minimum absolute atomic E-state index is 0.150. The van der Waals surface area contributed by atoms with Crippen LogP contribution in [0.3, 0.4) is 0 Å². The second-order valence-corrected chi connectivity index (χ2v) is 12.6. The first kappa shape index (κ1) is 34.0. The van der Waals surface area contributed by atoms with Crippen molar-refractivity contribution in [3.63, 3.8) is 0 Å². The molecule has 4 N–H and O–H groups in total. The summed E-state index contributed by atoms with van der Waals surface area (Å²) in [5, 5.41) is 0.516. The van der Waals surface area contributed by atoms with Gasteiger partial charge in [-0.05, 0) is 85.2 Å². The average Bonchev–Trinajstić information content (AvgIpc) is 2.91. The molecule has 0 radical (unpaired) electrons. The van der Waals surface area contributed by atoms with Crippen LogP contribution in [-0.2, 0) is 9.59 Å². The Morgan fingerprint density at radius 1 is 0.659 bits per heavy atom. The molecule has 0 bridgehead atoms. The fourth-order valence-corrected chi connectivity index (χ4v) is 4.35. The van der Waals surface area contributed by atoms with E-state index in [1.807, 2.05) is 46.2 Å². The highest BCUT2D eigenvalue weighted by atomic mass is 32.1. The lowest BCUT2D eigenvalue weighted by atomic mass is 9.84. The zero-order valence-electron chi connectivity index (χ0n) is 24.6. The van der Waals surface area contributed by atoms with Gasteiger partial charge in [-0.15, -0.1) is 0 Å². The van der Waals surface area contributed by atoms with E-state index >= 15 is 0 Å². The fourth-order valence-electron chi connectivity index (χ4n) is 4.06. The Morgan fingerprint density at radius 3 is 1.32 bits per heavy atom. The zero-order chi connectivity index (χ0) is 30.5. The zero-order valence-corrected chi connectivity index (χ0v) is 26.3. The van der Waals surface area contributed by atoms with Gasteiger partial charge in [-0.25, -0.2) is 0 Å². The molecule has 8 nitrogen and oxygen atoms in total. The number of carbonyl (C=O) groups is 2. The molecule has 2 aromatic carbocycles. The summed E-state index contributed by atoms with van der Waals surface area (Å²) in [6, 6.07) is 18.1. The molecule has 0 saturated carbocycles. The molecule has 10 heteroatoms. The Morgan fingerprint density at radius 2 is 1.00 bits per heavy atom. The molecule has 0 aliphatic heterocycles. The van der Waals surface area contributed by atoms with Crippen LogP contribution < -0.4 is 20.9 Å². The number of hydrogen-bond donors (Lipinski definition) is 2. The summed E-state index contributed by atoms with van der Waals surface area (Å²) in [4.78, 5) is 28.4. The molecular weight excluding hydrogens is 556 g/mol. The molecule has 0 saturated heterocycles. The first-order valence-electron chi connectivity index (χ1n) is 13.9. The summed E-state index contributed by atoms with van der Waals surface area (Å²) in [6.07, 6.45) is 3.43. The highest BCUT2D eigenvalue weighted by Gasteiger charge is 2.25. The Bertz CT molecular complexity index is 1050. The summed E-state index contributed by atoms with van der Waals surface area (Å²) in [5.74, 6) is 0.573. The molecule has 0 aliphatic carbocycles. The highest BCUT2D eigenvalue weighted by Crippen LogP contribution is 2.29. The number of para-hydroxylation sites is 2. The summed E-state index contributed by atoms with van der Waals surface area (Å²) < 4.78 is 10.8. The van der Waals surface area contributed by atoms with Crippen molar-refractivity contribution >= 4 is 46.6 Å². The van der Waals surface area contributed by atoms with Crippen molar-refractivity contribution in [2.24, 2.45) is 22.3 Å². The first-order chi connectivity index (χ1) is 19.3. The average molecular weight is 601 g/mol. The molecule has 0 heterocycles. The molecule has 41 heavy (non-hydrogen) atoms. The Labute approximate surface area is 255 Å². The Hall–Kier alpha value is -3.24. The van der Waals surface area contributed by atoms with Gasteiger partial charge in [0.2, 0.25) is 0 Å². The van der Waals surface area contributed by atoms with Gasteiger partial charge >= 0.3 is 11.9 Å². The van der Waals surface area contributed by atoms with Crippen molar-refractivity contribution in [3.8, 4) is 11.5 Å². The molecule has 0 aromatic heterocycles. The number of carbonyl (C=O) groups excluding carboxylic acids is 2. The van der Waals surface area contributed by atoms with E-state index in [1.165, 1.54) is 0 Å². The first-order valence-corrected chi connectivity index (χ1v) is 14.7. The number of ether oxygens (including phenoxy) is 2. The molecule has 2 aromatic rings. The summed E-state index contributed by atoms with van der Waals surface area (Å²) in [6.45, 7) is 9.97. The fraction of sp³-hybridized carbons (Fsp3) is 0.484. The van der Waals surface area contributed by atoms with Crippen molar-refractivity contribution in [2.45, 2.75) is 66.2 Å². The van der Waals surface area contributed by atoms with E-state index in [2.05, 4.69) is 27.7 Å². The molecule has 0 unspecified atom stereocenters. The van der Waals surface area contributed by atoms with Crippen LogP contribution >= 0.6 is 24.4 Å². The Balaban J connectivity index is 1.83. The van der Waals surface area contributed by atoms with Crippen molar-refractivity contribution < 1.29 is 19.1 Å². The van der Waals surface area contributed by atoms with Gasteiger partial charge in [-0.1, -0.05) is 64.1 Å². The quantitative estimate of drug-likeness (QED) is 0.109. The molecule has 0 amide bonds. The molecular formula is C31H44N4O4S2. The number of nitrogens with two attached hydrogens (primary N) is 2. The van der Waals surface area contributed by atoms with E-state index in [-0.39, 0.29) is 33.0 Å². The van der Waals surface area contributed by atoms with Crippen LogP contribution in [-0.4, -0.2) is 51.7 Å². The lowest BCUT2D eigenvalue weighted by Crippen LogP contribution is -2.49. The van der Waals surface area contributed by atoms with E-state index in [9.17, 15) is 9.59 Å². The maximum absolute atomic E-state index is 12.3. The van der Waals surface area contributed by atoms with Gasteiger partial charge in [-0.2, -0.15) is 0 Å². The van der Waals surface area contributed by atoms with Crippen molar-refractivity contribution in [1.29, 1.82) is 0 Å². The molecule has 0 atom stereocenters. The van der Waals surface area contributed by atoms with E-state index in [0.29, 0.717) is 56.9 Å². The third kappa shape index (κ3) is 13.8. The lowest BCUT2D eigenvalue weighted by molar-refractivity contribution is -0.135. The van der Waals surface area contributed by atoms with E-state index in [0.717, 1.165) is 12.8 Å². The molecule has 224 valence electrons. The predicted octanol–water partition coefficient (Wildman–Crippen LogP) is 5.64. The van der Waals surface area contributed by atoms with Crippen molar-refractivity contribution in [2.75, 3.05) is 19.8 Å². The number of thiocarbonyl (C=S) groups is 2. The van der Waals surface area contributed by atoms with Gasteiger partial charge in [-0.3, -0.25) is 9.59 Å². The smallest absolute Gasteiger partial charge is 0.311 e. The molecule has 0 fully saturated rings. The maximum Gasteiger partial charge on any atom is 0.311 e. The number of nitrogens with zero attached hydrogens (tertiary/aromatic N) is 2. The van der Waals surface area contributed by atoms with Gasteiger partial charge in [0.15, 0.2) is 10.2 Å². The van der Waals surface area contributed by atoms with Gasteiger partial charge in [0.25, 0.3) is 0 Å². The van der Waals surface area contributed by atoms with E-state index < -0.39 is 0 Å². The SMILES string of the molecule is CC(C)(CCC(=O)Oc1ccccc1)CCN(CN(CCC(C)(C)CCC(=O)Oc1ccccc1)C(N)=S)C(N)=S. The lowest BCUT2D eigenvalue weighted by Gasteiger charge is -2.35. The second-order valence-electron chi connectivity index (χ2n) is 11.7. The third-order valence-electron chi connectivity index (χ3n) is 7.04. The van der Waals surface area contributed by atoms with E-state index in [4.69, 9.17) is 45.4 Å². The van der Waals surface area contributed by atoms with Crippen LogP contribution in [0.1, 0.15) is 66.2 Å². The van der Waals surface area contributed by atoms with E-state index in [1.54, 1.807) is 24.3 Å². The summed E-state index contributed by atoms with van der Waals surface area (Å²) in [7, 11) is 0. The van der Waals surface area contributed by atoms with Crippen LogP contribution in [0.5, 0.6) is 11.5 Å². The molecule has 0 aliphatic rings. The van der Waals surface area contributed by atoms with Crippen LogP contribution in [0.25, 0.3) is 0 Å². The van der Waals surface area contributed by atoms with Gasteiger partial charge in [0.05, 0.1) is 6.67 Å². The topological polar surface area (TPSA) is 111 Å². The normalized spacial score (nSPS) is 11.4. The van der Waals surface area contributed by atoms with Crippen molar-refractivity contribution in [1.82, 2.24) is 9.80 Å². The minimum Gasteiger partial charge on any atom is -0.427 e. The van der Waals surface area contributed by atoms with Gasteiger partial charge in [0.1, 0.15) is 11.5 Å². The van der Waals surface area contributed by atoms with Gasteiger partial charge in [0, 0.05) is 25.9 Å². The number of benzene rings is 2. The summed E-state index contributed by atoms with van der Waals surface area (Å²) in [5.41, 5.74) is 11.8. The largest absolute Gasteiger partial charge is 0.427 e. The third-order valence-corrected chi connectivity index (χ3v) is 7.56. The second kappa shape index (κ2) is 16.3. The standard InChI is InChI=1S/C31H44N4O4S2/c1-30(2,17-15-26(36)38-24-11-7-5-8-12-24)19-21-34(28(32)40)23-35(29(33)41)22-20-31(3,4)18-16-27(37)39-25-13-9-6-10-14-25/h5-14H,15-23H2,1-4H3,(H2,32,40)(H2,33,41). The molecule has 0 spiro atoms. The summed E-state index contributed by atoms with van der Waals surface area (Å²) >= 11 is 10.7. The number of esters is 2. The minimum atomic E-state index is -0.258. The number of rotatable bonds is 16. The van der Waals surface area contributed by atoms with Crippen LogP contribution in [0.4, 0.5) is 0 Å². The highest BCUT2D eigenvalue weighted by molar-refractivity contribution is 7.80. The van der Waals surface area contributed by atoms with Crippen LogP contribution in [0, 0.1) is 10.8 Å². The van der Waals surface area contributed by atoms with Crippen molar-refractivity contribution in [3.05, 3.63) is 60.7 Å². The number of hydrogen-bond acceptors (Lipinski definition) is 6. The monoisotopic (exact) mass is 600 g/mol. The maximum atomic E-state index is 12.3. The van der Waals surface area contributed by atoms with Gasteiger partial charge < -0.3 is 30.7 Å².